The predicted octanol–water partition coefficient (Wildman–Crippen LogP) is -0.305. The van der Waals surface area contributed by atoms with Crippen LogP contribution in [0, 0.1) is 11.3 Å². The highest BCUT2D eigenvalue weighted by Crippen LogP contribution is 2.14. The molecule has 1 aromatic rings. The summed E-state index contributed by atoms with van der Waals surface area (Å²) in [5.74, 6) is -1.55. The molecule has 2 rings (SSSR count). The van der Waals surface area contributed by atoms with Crippen molar-refractivity contribution in [2.45, 2.75) is 17.4 Å². The lowest BCUT2D eigenvalue weighted by Gasteiger charge is -2.10. The second-order valence-corrected chi connectivity index (χ2v) is 6.10. The number of rotatable bonds is 5. The van der Waals surface area contributed by atoms with Crippen molar-refractivity contribution in [3.63, 3.8) is 0 Å². The van der Waals surface area contributed by atoms with E-state index in [4.69, 9.17) is 10.00 Å². The largest absolute Gasteiger partial charge is 0.463 e. The molecule has 0 aromatic heterocycles. The molecule has 0 saturated carbocycles. The van der Waals surface area contributed by atoms with Crippen LogP contribution in [-0.4, -0.2) is 39.6 Å². The summed E-state index contributed by atoms with van der Waals surface area (Å²) in [5, 5.41) is 8.89. The summed E-state index contributed by atoms with van der Waals surface area (Å²) in [4.78, 5) is 22.5. The molecule has 1 fully saturated rings. The van der Waals surface area contributed by atoms with Crippen molar-refractivity contribution >= 4 is 22.0 Å². The van der Waals surface area contributed by atoms with Crippen LogP contribution in [0.2, 0.25) is 0 Å². The van der Waals surface area contributed by atoms with E-state index >= 15 is 0 Å². The first-order valence-electron chi connectivity index (χ1n) is 6.29. The summed E-state index contributed by atoms with van der Waals surface area (Å²) in [5.41, 5.74) is -0.0391. The van der Waals surface area contributed by atoms with Crippen molar-refractivity contribution in [1.82, 2.24) is 4.72 Å². The van der Waals surface area contributed by atoms with Gasteiger partial charge >= 0.3 is 11.9 Å². The Morgan fingerprint density at radius 3 is 2.82 bits per heavy atom. The predicted molar refractivity (Wildman–Crippen MR) is 71.8 cm³/mol. The van der Waals surface area contributed by atoms with Gasteiger partial charge in [-0.05, 0) is 12.1 Å². The lowest BCUT2D eigenvalue weighted by Crippen LogP contribution is -2.34. The third-order valence-corrected chi connectivity index (χ3v) is 4.32. The van der Waals surface area contributed by atoms with Crippen LogP contribution in [0.15, 0.2) is 29.2 Å². The Morgan fingerprint density at radius 2 is 2.18 bits per heavy atom. The maximum Gasteiger partial charge on any atom is 0.347 e. The lowest BCUT2D eigenvalue weighted by molar-refractivity contribution is -0.159. The van der Waals surface area contributed by atoms with E-state index in [1.807, 2.05) is 4.72 Å². The Labute approximate surface area is 126 Å². The summed E-state index contributed by atoms with van der Waals surface area (Å²) in [6, 6.07) is 7.34. The molecular formula is C13H12N2O6S. The molecule has 8 nitrogen and oxygen atoms in total. The van der Waals surface area contributed by atoms with Crippen molar-refractivity contribution < 1.29 is 27.5 Å². The molecular weight excluding hydrogens is 312 g/mol. The number of benzene rings is 1. The molecule has 1 N–H and O–H groups in total. The maximum absolute atomic E-state index is 12.1. The molecule has 1 saturated heterocycles. The summed E-state index contributed by atoms with van der Waals surface area (Å²) >= 11 is 0. The summed E-state index contributed by atoms with van der Waals surface area (Å²) in [6.07, 6.45) is -0.752. The summed E-state index contributed by atoms with van der Waals surface area (Å²) in [6.45, 7) is -0.482. The second-order valence-electron chi connectivity index (χ2n) is 4.37. The van der Waals surface area contributed by atoms with E-state index in [2.05, 4.69) is 4.74 Å². The third kappa shape index (κ3) is 3.60. The van der Waals surface area contributed by atoms with Gasteiger partial charge in [0.25, 0.3) is 0 Å². The van der Waals surface area contributed by atoms with Crippen LogP contribution in [0.4, 0.5) is 0 Å². The van der Waals surface area contributed by atoms with Gasteiger partial charge in [-0.1, -0.05) is 12.1 Å². The van der Waals surface area contributed by atoms with Gasteiger partial charge in [0.1, 0.15) is 12.6 Å². The number of nitriles is 1. The number of nitrogens with one attached hydrogen (secondary N) is 1. The number of carbonyl (C=O) groups is 2. The number of sulfonamides is 1. The van der Waals surface area contributed by atoms with Crippen LogP contribution < -0.4 is 4.72 Å². The molecule has 1 aliphatic heterocycles. The number of carbonyl (C=O) groups excluding carboxylic acids is 2. The third-order valence-electron chi connectivity index (χ3n) is 2.86. The molecule has 1 heterocycles. The first kappa shape index (κ1) is 15.9. The van der Waals surface area contributed by atoms with Crippen molar-refractivity contribution in [1.29, 1.82) is 5.26 Å². The number of cyclic esters (lactones) is 1. The molecule has 1 aliphatic rings. The van der Waals surface area contributed by atoms with Crippen LogP contribution in [0.3, 0.4) is 0 Å². The van der Waals surface area contributed by atoms with Gasteiger partial charge in [-0.2, -0.15) is 9.98 Å². The monoisotopic (exact) mass is 324 g/mol. The highest BCUT2D eigenvalue weighted by Gasteiger charge is 2.30. The average Bonchev–Trinajstić information content (AvgIpc) is 2.90. The molecule has 22 heavy (non-hydrogen) atoms. The van der Waals surface area contributed by atoms with Gasteiger partial charge < -0.3 is 9.47 Å². The first-order chi connectivity index (χ1) is 10.4. The van der Waals surface area contributed by atoms with Gasteiger partial charge in [-0.25, -0.2) is 13.2 Å². The molecule has 9 heteroatoms. The molecule has 0 aliphatic carbocycles. The highest BCUT2D eigenvalue weighted by atomic mass is 32.2. The summed E-state index contributed by atoms with van der Waals surface area (Å²) in [7, 11) is -4.03. The lowest BCUT2D eigenvalue weighted by atomic mass is 10.2. The van der Waals surface area contributed by atoms with E-state index < -0.39 is 34.6 Å². The Kier molecular flexibility index (Phi) is 4.75. The van der Waals surface area contributed by atoms with Crippen molar-refractivity contribution in [2.24, 2.45) is 0 Å². The van der Waals surface area contributed by atoms with E-state index in [9.17, 15) is 18.0 Å². The van der Waals surface area contributed by atoms with Gasteiger partial charge in [-0.3, -0.25) is 4.79 Å². The first-order valence-corrected chi connectivity index (χ1v) is 7.77. The van der Waals surface area contributed by atoms with Crippen LogP contribution in [0.25, 0.3) is 0 Å². The second kappa shape index (κ2) is 6.55. The SMILES string of the molecule is N#Cc1ccccc1S(=O)(=O)NCC(=O)O[C@@H]1CCOC1=O. The van der Waals surface area contributed by atoms with Crippen molar-refractivity contribution in [2.75, 3.05) is 13.2 Å². The van der Waals surface area contributed by atoms with E-state index in [0.29, 0.717) is 0 Å². The molecule has 0 bridgehead atoms. The number of ether oxygens (including phenoxy) is 2. The highest BCUT2D eigenvalue weighted by molar-refractivity contribution is 7.89. The molecule has 0 amide bonds. The maximum atomic E-state index is 12.1. The number of hydrogen-bond donors (Lipinski definition) is 1. The van der Waals surface area contributed by atoms with E-state index in [1.54, 1.807) is 6.07 Å². The number of esters is 2. The van der Waals surface area contributed by atoms with Crippen molar-refractivity contribution in [3.05, 3.63) is 29.8 Å². The fraction of sp³-hybridized carbons (Fsp3) is 0.308. The molecule has 1 atom stereocenters. The Hall–Kier alpha value is -2.44. The van der Waals surface area contributed by atoms with Gasteiger partial charge in [0.2, 0.25) is 16.1 Å². The van der Waals surface area contributed by atoms with Gasteiger partial charge in [-0.15, -0.1) is 0 Å². The minimum atomic E-state index is -4.03. The van der Waals surface area contributed by atoms with Crippen LogP contribution >= 0.6 is 0 Å². The minimum Gasteiger partial charge on any atom is -0.463 e. The zero-order chi connectivity index (χ0) is 16.2. The molecule has 116 valence electrons. The minimum absolute atomic E-state index is 0.0391. The standard InChI is InChI=1S/C13H12N2O6S/c14-7-9-3-1-2-4-11(9)22(18,19)15-8-12(16)21-10-5-6-20-13(10)17/h1-4,10,15H,5-6,8H2/t10-/m1/s1. The zero-order valence-corrected chi connectivity index (χ0v) is 12.1. The zero-order valence-electron chi connectivity index (χ0n) is 11.3. The smallest absolute Gasteiger partial charge is 0.347 e. The number of nitrogens with zero attached hydrogens (tertiary/aromatic N) is 1. The normalized spacial score (nSPS) is 17.6. The fourth-order valence-electron chi connectivity index (χ4n) is 1.81. The molecule has 0 radical (unpaired) electrons. The van der Waals surface area contributed by atoms with Crippen LogP contribution in [-0.2, 0) is 29.1 Å². The Balaban J connectivity index is 1.99. The molecule has 0 spiro atoms. The molecule has 0 unspecified atom stereocenters. The topological polar surface area (TPSA) is 123 Å². The molecule has 1 aromatic carbocycles. The van der Waals surface area contributed by atoms with Gasteiger partial charge in [0.05, 0.1) is 17.1 Å². The summed E-state index contributed by atoms with van der Waals surface area (Å²) < 4.78 is 35.6. The van der Waals surface area contributed by atoms with Gasteiger partial charge in [0.15, 0.2) is 0 Å². The van der Waals surface area contributed by atoms with E-state index in [1.165, 1.54) is 24.3 Å². The Morgan fingerprint density at radius 1 is 1.45 bits per heavy atom. The van der Waals surface area contributed by atoms with E-state index in [0.717, 1.165) is 0 Å². The van der Waals surface area contributed by atoms with Crippen molar-refractivity contribution in [3.8, 4) is 6.07 Å². The van der Waals surface area contributed by atoms with Gasteiger partial charge in [0, 0.05) is 6.42 Å². The Bertz CT molecular complexity index is 737. The number of hydrogen-bond acceptors (Lipinski definition) is 7. The van der Waals surface area contributed by atoms with Crippen LogP contribution in [0.1, 0.15) is 12.0 Å². The quantitative estimate of drug-likeness (QED) is 0.737. The van der Waals surface area contributed by atoms with E-state index in [-0.39, 0.29) is 23.5 Å². The van der Waals surface area contributed by atoms with Crippen LogP contribution in [0.5, 0.6) is 0 Å². The average molecular weight is 324 g/mol. The fourth-order valence-corrected chi connectivity index (χ4v) is 2.93.